The molecule has 4 amide bonds. The molecule has 0 radical (unpaired) electrons. The summed E-state index contributed by atoms with van der Waals surface area (Å²) in [4.78, 5) is 64.7. The molecule has 14 heteroatoms. The quantitative estimate of drug-likeness (QED) is 0.258. The Morgan fingerprint density at radius 2 is 1.68 bits per heavy atom. The molecule has 2 aromatic carbocycles. The van der Waals surface area contributed by atoms with Crippen LogP contribution in [0.3, 0.4) is 0 Å². The van der Waals surface area contributed by atoms with Crippen LogP contribution in [-0.4, -0.2) is 96.5 Å². The maximum Gasteiger partial charge on any atom is 0.259 e. The predicted octanol–water partition coefficient (Wildman–Crippen LogP) is 4.97. The second-order valence-electron chi connectivity index (χ2n) is 16.9. The van der Waals surface area contributed by atoms with Crippen LogP contribution < -0.4 is 19.5 Å². The molecular weight excluding hydrogens is 735 g/mol. The van der Waals surface area contributed by atoms with Crippen LogP contribution in [-0.2, 0) is 29.2 Å². The Morgan fingerprint density at radius 3 is 2.30 bits per heavy atom. The van der Waals surface area contributed by atoms with E-state index in [1.165, 1.54) is 4.90 Å². The number of methoxy groups -OCH3 is 1. The van der Waals surface area contributed by atoms with Crippen LogP contribution in [0.4, 0.5) is 0 Å². The minimum absolute atomic E-state index is 0.00132. The Hall–Kier alpha value is -4.72. The third-order valence-corrected chi connectivity index (χ3v) is 13.6. The molecule has 2 saturated heterocycles. The number of carbonyl (C=O) groups excluding carboxylic acids is 4. The summed E-state index contributed by atoms with van der Waals surface area (Å²) < 4.78 is 40.0. The highest BCUT2D eigenvalue weighted by Gasteiger charge is 2.52. The number of pyridine rings is 1. The molecule has 1 aromatic heterocycles. The highest BCUT2D eigenvalue weighted by molar-refractivity contribution is 7.91. The molecule has 3 heterocycles. The van der Waals surface area contributed by atoms with Crippen molar-refractivity contribution in [2.45, 2.75) is 108 Å². The number of sulfonamides is 1. The molecule has 4 aliphatic rings. The first kappa shape index (κ1) is 39.5. The Bertz CT molecular complexity index is 2090. The zero-order valence-electron chi connectivity index (χ0n) is 32.7. The van der Waals surface area contributed by atoms with Crippen LogP contribution in [0.15, 0.2) is 54.6 Å². The molecule has 56 heavy (non-hydrogen) atoms. The van der Waals surface area contributed by atoms with Gasteiger partial charge < -0.3 is 24.6 Å². The van der Waals surface area contributed by atoms with Crippen LogP contribution in [0, 0.1) is 11.3 Å². The summed E-state index contributed by atoms with van der Waals surface area (Å²) in [5, 5.41) is 3.02. The van der Waals surface area contributed by atoms with Gasteiger partial charge in [0.15, 0.2) is 0 Å². The van der Waals surface area contributed by atoms with Gasteiger partial charge in [-0.3, -0.25) is 23.9 Å². The lowest BCUT2D eigenvalue weighted by Gasteiger charge is -2.42. The third kappa shape index (κ3) is 8.35. The van der Waals surface area contributed by atoms with E-state index in [2.05, 4.69) is 10.0 Å². The van der Waals surface area contributed by atoms with Gasteiger partial charge in [-0.15, -0.1) is 0 Å². The molecule has 0 unspecified atom stereocenters. The number of likely N-dealkylation sites (tertiary alicyclic amines) is 2. The van der Waals surface area contributed by atoms with E-state index in [0.29, 0.717) is 55.1 Å². The van der Waals surface area contributed by atoms with Gasteiger partial charge in [-0.25, -0.2) is 13.4 Å². The maximum atomic E-state index is 14.8. The van der Waals surface area contributed by atoms with E-state index in [1.807, 2.05) is 80.3 Å². The fourth-order valence-corrected chi connectivity index (χ4v) is 9.45. The molecule has 3 aromatic rings. The van der Waals surface area contributed by atoms with Crippen LogP contribution in [0.1, 0.15) is 85.0 Å². The van der Waals surface area contributed by atoms with Crippen molar-refractivity contribution in [1.82, 2.24) is 24.8 Å². The summed E-state index contributed by atoms with van der Waals surface area (Å²) in [7, 11) is -2.26. The number of nitrogens with zero attached hydrogens (tertiary/aromatic N) is 3. The van der Waals surface area contributed by atoms with E-state index in [4.69, 9.17) is 14.5 Å². The van der Waals surface area contributed by atoms with Crippen molar-refractivity contribution < 1.29 is 37.1 Å². The first-order valence-corrected chi connectivity index (χ1v) is 21.4. The number of aromatic nitrogens is 1. The molecule has 0 spiro atoms. The molecule has 0 bridgehead atoms. The largest absolute Gasteiger partial charge is 0.497 e. The second-order valence-corrected chi connectivity index (χ2v) is 18.9. The summed E-state index contributed by atoms with van der Waals surface area (Å²) in [6, 6.07) is 16.0. The van der Waals surface area contributed by atoms with Gasteiger partial charge in [0.25, 0.3) is 5.91 Å². The lowest BCUT2D eigenvalue weighted by atomic mass is 9.75. The summed E-state index contributed by atoms with van der Waals surface area (Å²) in [5.74, 6) is -1.34. The van der Waals surface area contributed by atoms with Crippen LogP contribution in [0.25, 0.3) is 22.2 Å². The summed E-state index contributed by atoms with van der Waals surface area (Å²) in [5.41, 5.74) is 0.154. The van der Waals surface area contributed by atoms with Crippen molar-refractivity contribution in [1.29, 1.82) is 0 Å². The average Bonchev–Trinajstić information content (AvgIpc) is 3.95. The Labute approximate surface area is 328 Å². The van der Waals surface area contributed by atoms with Gasteiger partial charge in [-0.05, 0) is 68.9 Å². The molecule has 2 N–H and O–H groups in total. The number of hydrogen-bond donors (Lipinski definition) is 2. The Kier molecular flexibility index (Phi) is 11.1. The van der Waals surface area contributed by atoms with E-state index in [-0.39, 0.29) is 44.0 Å². The van der Waals surface area contributed by atoms with Crippen molar-refractivity contribution in [2.24, 2.45) is 11.3 Å². The molecule has 2 aliphatic carbocycles. The number of hydrogen-bond acceptors (Lipinski definition) is 9. The first-order chi connectivity index (χ1) is 26.7. The lowest BCUT2D eigenvalue weighted by molar-refractivity contribution is -0.149. The van der Waals surface area contributed by atoms with Crippen LogP contribution in [0.2, 0.25) is 0 Å². The molecule has 7 rings (SSSR count). The lowest BCUT2D eigenvalue weighted by Crippen LogP contribution is -2.66. The highest BCUT2D eigenvalue weighted by Crippen LogP contribution is 2.39. The van der Waals surface area contributed by atoms with E-state index >= 15 is 0 Å². The number of rotatable bonds is 12. The smallest absolute Gasteiger partial charge is 0.259 e. The SMILES string of the molecule is COc1ccc2c(O[C@@H]3C[C@@H](C(=O)NC4(C(=O)NS(=O)(=O)C5CC5)CCC4)N(C(=O)[C@@H](CC(=O)N4CCCCC4)C(C)(C)C)C3)cc(-c3ccccc3)nc2c1. The summed E-state index contributed by atoms with van der Waals surface area (Å²) in [6.07, 6.45) is 4.53. The number of ether oxygens (including phenoxy) is 2. The molecule has 4 fully saturated rings. The van der Waals surface area contributed by atoms with Gasteiger partial charge in [0.05, 0.1) is 36.0 Å². The number of fused-ring (bicyclic) bond motifs is 1. The fourth-order valence-electron chi connectivity index (χ4n) is 8.07. The number of piperidine rings is 1. The second kappa shape index (κ2) is 15.7. The summed E-state index contributed by atoms with van der Waals surface area (Å²) >= 11 is 0. The van der Waals surface area contributed by atoms with E-state index in [1.54, 1.807) is 7.11 Å². The Balaban J connectivity index is 1.20. The van der Waals surface area contributed by atoms with E-state index in [0.717, 1.165) is 30.2 Å². The predicted molar refractivity (Wildman–Crippen MR) is 211 cm³/mol. The van der Waals surface area contributed by atoms with Gasteiger partial charge in [0.1, 0.15) is 29.2 Å². The minimum Gasteiger partial charge on any atom is -0.497 e. The van der Waals surface area contributed by atoms with Crippen molar-refractivity contribution in [3.05, 3.63) is 54.6 Å². The van der Waals surface area contributed by atoms with Gasteiger partial charge in [0, 0.05) is 49.0 Å². The van der Waals surface area contributed by atoms with Gasteiger partial charge >= 0.3 is 0 Å². The van der Waals surface area contributed by atoms with Crippen molar-refractivity contribution in [2.75, 3.05) is 26.7 Å². The molecule has 13 nitrogen and oxygen atoms in total. The maximum absolute atomic E-state index is 14.8. The molecule has 2 saturated carbocycles. The first-order valence-electron chi connectivity index (χ1n) is 19.8. The normalized spacial score (nSPS) is 21.5. The van der Waals surface area contributed by atoms with Crippen molar-refractivity contribution in [3.63, 3.8) is 0 Å². The Morgan fingerprint density at radius 1 is 0.964 bits per heavy atom. The van der Waals surface area contributed by atoms with Crippen LogP contribution in [0.5, 0.6) is 11.5 Å². The standard InChI is InChI=1S/C42H53N5O8S/c1-41(2,3)32(24-37(48)46-20-9-6-10-21-46)39(50)47-26-29(23-35(47)38(49)44-42(18-11-19-42)40(51)45-56(52,53)30-15-16-30)55-36-25-33(27-12-7-5-8-13-27)43-34-22-28(54-4)14-17-31(34)36/h5,7-8,12-14,17,22,25,29-30,32,35H,6,9-11,15-16,18-21,23-24,26H2,1-4H3,(H,44,49)(H,45,51)/t29-,32-,35+/m1/s1. The zero-order chi connectivity index (χ0) is 39.8. The van der Waals surface area contributed by atoms with Gasteiger partial charge in [0.2, 0.25) is 27.7 Å². The summed E-state index contributed by atoms with van der Waals surface area (Å²) in [6.45, 7) is 7.15. The monoisotopic (exact) mass is 787 g/mol. The molecule has 2 aliphatic heterocycles. The number of carbonyl (C=O) groups is 4. The number of amides is 4. The minimum atomic E-state index is -3.85. The van der Waals surface area contributed by atoms with Gasteiger partial charge in [-0.1, -0.05) is 51.1 Å². The average molecular weight is 788 g/mol. The van der Waals surface area contributed by atoms with Crippen molar-refractivity contribution >= 4 is 44.6 Å². The number of nitrogens with one attached hydrogen (secondary N) is 2. The van der Waals surface area contributed by atoms with Crippen molar-refractivity contribution in [3.8, 4) is 22.8 Å². The molecule has 300 valence electrons. The number of benzene rings is 2. The van der Waals surface area contributed by atoms with E-state index in [9.17, 15) is 27.6 Å². The highest BCUT2D eigenvalue weighted by atomic mass is 32.2. The molecular formula is C42H53N5O8S. The fraction of sp³-hybridized carbons (Fsp3) is 0.548. The third-order valence-electron chi connectivity index (χ3n) is 11.8. The topological polar surface area (TPSA) is 164 Å². The zero-order valence-corrected chi connectivity index (χ0v) is 33.5. The molecule has 3 atom stereocenters. The van der Waals surface area contributed by atoms with Crippen LogP contribution >= 0.6 is 0 Å². The van der Waals surface area contributed by atoms with Gasteiger partial charge in [-0.2, -0.15) is 0 Å². The van der Waals surface area contributed by atoms with E-state index < -0.39 is 56.1 Å².